The second-order valence-electron chi connectivity index (χ2n) is 3.42. The SMILES string of the molecule is C=CC(C)C(C)CCC(=O)OCC. The van der Waals surface area contributed by atoms with Gasteiger partial charge in [-0.1, -0.05) is 19.9 Å². The van der Waals surface area contributed by atoms with Gasteiger partial charge in [-0.3, -0.25) is 4.79 Å². The summed E-state index contributed by atoms with van der Waals surface area (Å²) in [6.45, 7) is 10.3. The van der Waals surface area contributed by atoms with Gasteiger partial charge in [-0.2, -0.15) is 0 Å². The molecule has 2 nitrogen and oxygen atoms in total. The highest BCUT2D eigenvalue weighted by Gasteiger charge is 2.11. The van der Waals surface area contributed by atoms with Gasteiger partial charge in [-0.25, -0.2) is 0 Å². The Morgan fingerprint density at radius 1 is 1.54 bits per heavy atom. The Morgan fingerprint density at radius 2 is 2.15 bits per heavy atom. The highest BCUT2D eigenvalue weighted by Crippen LogP contribution is 2.17. The summed E-state index contributed by atoms with van der Waals surface area (Å²) in [5, 5.41) is 0. The van der Waals surface area contributed by atoms with Crippen LogP contribution in [0, 0.1) is 11.8 Å². The molecular formula is C11H20O2. The lowest BCUT2D eigenvalue weighted by molar-refractivity contribution is -0.143. The van der Waals surface area contributed by atoms with Crippen LogP contribution in [0.1, 0.15) is 33.6 Å². The van der Waals surface area contributed by atoms with Gasteiger partial charge >= 0.3 is 5.97 Å². The van der Waals surface area contributed by atoms with Gasteiger partial charge < -0.3 is 4.74 Å². The maximum Gasteiger partial charge on any atom is 0.305 e. The molecule has 2 atom stereocenters. The molecule has 0 bridgehead atoms. The standard InChI is InChI=1S/C11H20O2/c1-5-9(3)10(4)7-8-11(12)13-6-2/h5,9-10H,1,6-8H2,2-4H3. The molecule has 0 aliphatic rings. The summed E-state index contributed by atoms with van der Waals surface area (Å²) < 4.78 is 4.84. The second kappa shape index (κ2) is 6.70. The van der Waals surface area contributed by atoms with Gasteiger partial charge in [0.2, 0.25) is 0 Å². The molecule has 0 aromatic carbocycles. The normalized spacial score (nSPS) is 14.7. The van der Waals surface area contributed by atoms with Crippen molar-refractivity contribution in [3.8, 4) is 0 Å². The zero-order valence-electron chi connectivity index (χ0n) is 8.88. The minimum Gasteiger partial charge on any atom is -0.466 e. The molecule has 0 fully saturated rings. The number of carbonyl (C=O) groups excluding carboxylic acids is 1. The van der Waals surface area contributed by atoms with E-state index in [0.29, 0.717) is 24.9 Å². The van der Waals surface area contributed by atoms with Crippen LogP contribution in [0.3, 0.4) is 0 Å². The molecule has 2 unspecified atom stereocenters. The zero-order chi connectivity index (χ0) is 10.3. The molecule has 0 radical (unpaired) electrons. The van der Waals surface area contributed by atoms with Crippen molar-refractivity contribution in [2.75, 3.05) is 6.61 Å². The quantitative estimate of drug-likeness (QED) is 0.468. The Morgan fingerprint density at radius 3 is 2.62 bits per heavy atom. The Hall–Kier alpha value is -0.790. The highest BCUT2D eigenvalue weighted by molar-refractivity contribution is 5.69. The third kappa shape index (κ3) is 5.45. The molecule has 0 rings (SSSR count). The van der Waals surface area contributed by atoms with Crippen LogP contribution in [0.5, 0.6) is 0 Å². The summed E-state index contributed by atoms with van der Waals surface area (Å²) in [6.07, 6.45) is 3.33. The smallest absolute Gasteiger partial charge is 0.305 e. The molecule has 0 aromatic rings. The van der Waals surface area contributed by atoms with Crippen molar-refractivity contribution in [2.45, 2.75) is 33.6 Å². The van der Waals surface area contributed by atoms with Crippen LogP contribution >= 0.6 is 0 Å². The maximum atomic E-state index is 11.0. The van der Waals surface area contributed by atoms with Gasteiger partial charge in [-0.05, 0) is 25.2 Å². The average Bonchev–Trinajstić information content (AvgIpc) is 2.13. The van der Waals surface area contributed by atoms with E-state index in [2.05, 4.69) is 20.4 Å². The predicted molar refractivity (Wildman–Crippen MR) is 54.4 cm³/mol. The molecule has 0 heterocycles. The molecule has 0 saturated heterocycles. The Labute approximate surface area is 81.0 Å². The molecule has 0 N–H and O–H groups in total. The van der Waals surface area contributed by atoms with Gasteiger partial charge in [0, 0.05) is 6.42 Å². The van der Waals surface area contributed by atoms with Crippen LogP contribution in [0.25, 0.3) is 0 Å². The van der Waals surface area contributed by atoms with Crippen molar-refractivity contribution < 1.29 is 9.53 Å². The minimum absolute atomic E-state index is 0.0920. The number of rotatable bonds is 6. The summed E-state index contributed by atoms with van der Waals surface area (Å²) in [6, 6.07) is 0. The van der Waals surface area contributed by atoms with Gasteiger partial charge in [-0.15, -0.1) is 6.58 Å². The van der Waals surface area contributed by atoms with Gasteiger partial charge in [0.15, 0.2) is 0 Å². The topological polar surface area (TPSA) is 26.3 Å². The van der Waals surface area contributed by atoms with E-state index in [1.54, 1.807) is 0 Å². The first-order valence-corrected chi connectivity index (χ1v) is 4.90. The zero-order valence-corrected chi connectivity index (χ0v) is 8.88. The van der Waals surface area contributed by atoms with Crippen molar-refractivity contribution in [1.82, 2.24) is 0 Å². The minimum atomic E-state index is -0.0920. The molecule has 0 amide bonds. The van der Waals surface area contributed by atoms with E-state index in [4.69, 9.17) is 4.74 Å². The lowest BCUT2D eigenvalue weighted by atomic mass is 9.92. The predicted octanol–water partition coefficient (Wildman–Crippen LogP) is 2.79. The Balaban J connectivity index is 3.62. The lowest BCUT2D eigenvalue weighted by Gasteiger charge is -2.15. The molecule has 0 aromatic heterocycles. The van der Waals surface area contributed by atoms with E-state index in [1.807, 2.05) is 13.0 Å². The van der Waals surface area contributed by atoms with Gasteiger partial charge in [0.1, 0.15) is 0 Å². The number of carbonyl (C=O) groups is 1. The first kappa shape index (κ1) is 12.2. The van der Waals surface area contributed by atoms with Crippen LogP contribution in [-0.2, 0) is 9.53 Å². The monoisotopic (exact) mass is 184 g/mol. The van der Waals surface area contributed by atoms with E-state index >= 15 is 0 Å². The van der Waals surface area contributed by atoms with Crippen molar-refractivity contribution in [3.63, 3.8) is 0 Å². The highest BCUT2D eigenvalue weighted by atomic mass is 16.5. The lowest BCUT2D eigenvalue weighted by Crippen LogP contribution is -2.10. The van der Waals surface area contributed by atoms with Crippen molar-refractivity contribution >= 4 is 5.97 Å². The largest absolute Gasteiger partial charge is 0.466 e. The fourth-order valence-electron chi connectivity index (χ4n) is 1.07. The summed E-state index contributed by atoms with van der Waals surface area (Å²) in [5.41, 5.74) is 0. The van der Waals surface area contributed by atoms with Crippen molar-refractivity contribution in [1.29, 1.82) is 0 Å². The number of hydrogen-bond donors (Lipinski definition) is 0. The summed E-state index contributed by atoms with van der Waals surface area (Å²) in [4.78, 5) is 11.0. The Bertz CT molecular complexity index is 163. The Kier molecular flexibility index (Phi) is 6.29. The van der Waals surface area contributed by atoms with Crippen molar-refractivity contribution in [2.24, 2.45) is 11.8 Å². The molecule has 0 aliphatic carbocycles. The average molecular weight is 184 g/mol. The van der Waals surface area contributed by atoms with Gasteiger partial charge in [0.05, 0.1) is 6.61 Å². The van der Waals surface area contributed by atoms with E-state index in [-0.39, 0.29) is 5.97 Å². The van der Waals surface area contributed by atoms with E-state index in [0.717, 1.165) is 6.42 Å². The second-order valence-corrected chi connectivity index (χ2v) is 3.42. The van der Waals surface area contributed by atoms with Gasteiger partial charge in [0.25, 0.3) is 0 Å². The summed E-state index contributed by atoms with van der Waals surface area (Å²) >= 11 is 0. The summed E-state index contributed by atoms with van der Waals surface area (Å²) in [5.74, 6) is 0.877. The fourth-order valence-corrected chi connectivity index (χ4v) is 1.07. The number of allylic oxidation sites excluding steroid dienone is 1. The first-order chi connectivity index (χ1) is 6.11. The first-order valence-electron chi connectivity index (χ1n) is 4.90. The molecular weight excluding hydrogens is 164 g/mol. The van der Waals surface area contributed by atoms with Crippen LogP contribution < -0.4 is 0 Å². The number of ether oxygens (including phenoxy) is 1. The van der Waals surface area contributed by atoms with Crippen LogP contribution in [0.2, 0.25) is 0 Å². The van der Waals surface area contributed by atoms with Crippen LogP contribution in [0.15, 0.2) is 12.7 Å². The van der Waals surface area contributed by atoms with Crippen molar-refractivity contribution in [3.05, 3.63) is 12.7 Å². The van der Waals surface area contributed by atoms with Crippen LogP contribution in [0.4, 0.5) is 0 Å². The van der Waals surface area contributed by atoms with E-state index < -0.39 is 0 Å². The molecule has 76 valence electrons. The summed E-state index contributed by atoms with van der Waals surface area (Å²) in [7, 11) is 0. The maximum absolute atomic E-state index is 11.0. The molecule has 0 aliphatic heterocycles. The van der Waals surface area contributed by atoms with E-state index in [1.165, 1.54) is 0 Å². The number of hydrogen-bond acceptors (Lipinski definition) is 2. The molecule has 13 heavy (non-hydrogen) atoms. The third-order valence-corrected chi connectivity index (χ3v) is 2.38. The molecule has 2 heteroatoms. The molecule has 0 saturated carbocycles. The number of esters is 1. The van der Waals surface area contributed by atoms with E-state index in [9.17, 15) is 4.79 Å². The fraction of sp³-hybridized carbons (Fsp3) is 0.727. The third-order valence-electron chi connectivity index (χ3n) is 2.38. The van der Waals surface area contributed by atoms with Crippen LogP contribution in [-0.4, -0.2) is 12.6 Å². The molecule has 0 spiro atoms.